The van der Waals surface area contributed by atoms with Gasteiger partial charge in [-0.2, -0.15) is 0 Å². The molecule has 0 aliphatic rings. The molecule has 0 radical (unpaired) electrons. The number of carbonyl (C=O) groups is 1. The molecule has 1 heterocycles. The molecule has 2 aromatic rings. The minimum absolute atomic E-state index is 0.0636. The number of fused-ring (bicyclic) bond motifs is 1. The third kappa shape index (κ3) is 2.15. The number of anilines is 1. The molecule has 0 saturated heterocycles. The van der Waals surface area contributed by atoms with Crippen molar-refractivity contribution in [3.8, 4) is 0 Å². The van der Waals surface area contributed by atoms with Crippen molar-refractivity contribution in [1.29, 1.82) is 0 Å². The molecule has 0 bridgehead atoms. The zero-order chi connectivity index (χ0) is 12.4. The number of aromatic nitrogens is 1. The van der Waals surface area contributed by atoms with E-state index >= 15 is 0 Å². The standard InChI is InChI=1S/C13H15N3O/c1-3-8(2)15-13(17)11-7-9-5-4-6-10(14)12(9)16-11/h3-8,16H,1,14H2,2H3,(H,15,17). The number of amides is 1. The fraction of sp³-hybridized carbons (Fsp3) is 0.154. The van der Waals surface area contributed by atoms with Crippen LogP contribution in [-0.2, 0) is 0 Å². The summed E-state index contributed by atoms with van der Waals surface area (Å²) < 4.78 is 0. The highest BCUT2D eigenvalue weighted by Crippen LogP contribution is 2.20. The van der Waals surface area contributed by atoms with E-state index in [4.69, 9.17) is 5.73 Å². The van der Waals surface area contributed by atoms with Gasteiger partial charge in [-0.15, -0.1) is 6.58 Å². The number of nitrogens with two attached hydrogens (primary N) is 1. The number of hydrogen-bond donors (Lipinski definition) is 3. The minimum atomic E-state index is -0.159. The Bertz CT molecular complexity index is 571. The van der Waals surface area contributed by atoms with Gasteiger partial charge in [-0.25, -0.2) is 0 Å². The molecule has 0 fully saturated rings. The van der Waals surface area contributed by atoms with Gasteiger partial charge in [-0.3, -0.25) is 4.79 Å². The van der Waals surface area contributed by atoms with Gasteiger partial charge in [0.2, 0.25) is 0 Å². The van der Waals surface area contributed by atoms with Crippen LogP contribution in [0, 0.1) is 0 Å². The lowest BCUT2D eigenvalue weighted by molar-refractivity contribution is 0.0943. The topological polar surface area (TPSA) is 70.9 Å². The second kappa shape index (κ2) is 4.33. The van der Waals surface area contributed by atoms with Crippen molar-refractivity contribution in [2.75, 3.05) is 5.73 Å². The quantitative estimate of drug-likeness (QED) is 0.557. The number of nitrogen functional groups attached to an aromatic ring is 1. The number of H-pyrrole nitrogens is 1. The molecular formula is C13H15N3O. The zero-order valence-electron chi connectivity index (χ0n) is 9.66. The van der Waals surface area contributed by atoms with E-state index in [1.165, 1.54) is 0 Å². The summed E-state index contributed by atoms with van der Waals surface area (Å²) in [6.07, 6.45) is 1.68. The van der Waals surface area contributed by atoms with Crippen LogP contribution in [0.1, 0.15) is 17.4 Å². The number of aromatic amines is 1. The Morgan fingerprint density at radius 1 is 1.59 bits per heavy atom. The van der Waals surface area contributed by atoms with Crippen LogP contribution in [0.15, 0.2) is 36.9 Å². The summed E-state index contributed by atoms with van der Waals surface area (Å²) in [4.78, 5) is 14.9. The van der Waals surface area contributed by atoms with E-state index in [9.17, 15) is 4.79 Å². The van der Waals surface area contributed by atoms with Gasteiger partial charge in [-0.05, 0) is 19.1 Å². The van der Waals surface area contributed by atoms with E-state index in [2.05, 4.69) is 16.9 Å². The first-order chi connectivity index (χ1) is 8.11. The smallest absolute Gasteiger partial charge is 0.268 e. The van der Waals surface area contributed by atoms with Gasteiger partial charge in [-0.1, -0.05) is 18.2 Å². The molecule has 4 heteroatoms. The van der Waals surface area contributed by atoms with E-state index in [0.717, 1.165) is 10.9 Å². The van der Waals surface area contributed by atoms with Crippen LogP contribution >= 0.6 is 0 Å². The summed E-state index contributed by atoms with van der Waals surface area (Å²) in [5.74, 6) is -0.159. The molecule has 4 nitrogen and oxygen atoms in total. The Balaban J connectivity index is 2.33. The van der Waals surface area contributed by atoms with Crippen molar-refractivity contribution in [1.82, 2.24) is 10.3 Å². The van der Waals surface area contributed by atoms with Crippen molar-refractivity contribution >= 4 is 22.5 Å². The summed E-state index contributed by atoms with van der Waals surface area (Å²) in [6, 6.07) is 7.30. The third-order valence-corrected chi connectivity index (χ3v) is 2.65. The fourth-order valence-corrected chi connectivity index (χ4v) is 1.65. The van der Waals surface area contributed by atoms with Gasteiger partial charge in [0.25, 0.3) is 5.91 Å². The highest BCUT2D eigenvalue weighted by atomic mass is 16.1. The van der Waals surface area contributed by atoms with Crippen LogP contribution in [0.25, 0.3) is 10.9 Å². The lowest BCUT2D eigenvalue weighted by Crippen LogP contribution is -2.31. The van der Waals surface area contributed by atoms with Gasteiger partial charge >= 0.3 is 0 Å². The number of benzene rings is 1. The van der Waals surface area contributed by atoms with E-state index in [1.807, 2.05) is 19.1 Å². The van der Waals surface area contributed by atoms with Gasteiger partial charge in [0.05, 0.1) is 11.2 Å². The fourth-order valence-electron chi connectivity index (χ4n) is 1.65. The first-order valence-electron chi connectivity index (χ1n) is 5.42. The van der Waals surface area contributed by atoms with E-state index in [1.54, 1.807) is 18.2 Å². The average Bonchev–Trinajstić information content (AvgIpc) is 2.74. The zero-order valence-corrected chi connectivity index (χ0v) is 9.66. The van der Waals surface area contributed by atoms with Gasteiger partial charge in [0, 0.05) is 11.4 Å². The Labute approximate surface area is 99.5 Å². The molecule has 1 amide bonds. The van der Waals surface area contributed by atoms with Crippen LogP contribution in [0.5, 0.6) is 0 Å². The number of para-hydroxylation sites is 1. The number of nitrogens with one attached hydrogen (secondary N) is 2. The SMILES string of the molecule is C=CC(C)NC(=O)c1cc2cccc(N)c2[nH]1. The van der Waals surface area contributed by atoms with Gasteiger partial charge in [0.1, 0.15) is 5.69 Å². The maximum atomic E-state index is 11.9. The first-order valence-corrected chi connectivity index (χ1v) is 5.42. The molecular weight excluding hydrogens is 214 g/mol. The monoisotopic (exact) mass is 229 g/mol. The summed E-state index contributed by atoms with van der Waals surface area (Å²) in [5, 5.41) is 3.73. The molecule has 1 aromatic carbocycles. The van der Waals surface area contributed by atoms with Crippen LogP contribution in [-0.4, -0.2) is 16.9 Å². The third-order valence-electron chi connectivity index (χ3n) is 2.65. The summed E-state index contributed by atoms with van der Waals surface area (Å²) in [6.45, 7) is 5.48. The summed E-state index contributed by atoms with van der Waals surface area (Å²) in [7, 11) is 0. The Hall–Kier alpha value is -2.23. The second-order valence-electron chi connectivity index (χ2n) is 3.99. The number of carbonyl (C=O) groups excluding carboxylic acids is 1. The Kier molecular flexibility index (Phi) is 2.87. The van der Waals surface area contributed by atoms with Crippen LogP contribution in [0.2, 0.25) is 0 Å². The van der Waals surface area contributed by atoms with E-state index < -0.39 is 0 Å². The minimum Gasteiger partial charge on any atom is -0.397 e. The molecule has 4 N–H and O–H groups in total. The summed E-state index contributed by atoms with van der Waals surface area (Å²) >= 11 is 0. The van der Waals surface area contributed by atoms with Crippen molar-refractivity contribution in [2.24, 2.45) is 0 Å². The molecule has 17 heavy (non-hydrogen) atoms. The number of hydrogen-bond acceptors (Lipinski definition) is 2. The molecule has 1 aromatic heterocycles. The molecule has 0 saturated carbocycles. The lowest BCUT2D eigenvalue weighted by Gasteiger charge is -2.07. The van der Waals surface area contributed by atoms with E-state index in [-0.39, 0.29) is 11.9 Å². The normalized spacial score (nSPS) is 12.3. The maximum absolute atomic E-state index is 11.9. The van der Waals surface area contributed by atoms with Gasteiger partial charge in [0.15, 0.2) is 0 Å². The summed E-state index contributed by atoms with van der Waals surface area (Å²) in [5.41, 5.74) is 7.76. The second-order valence-corrected chi connectivity index (χ2v) is 3.99. The highest BCUT2D eigenvalue weighted by Gasteiger charge is 2.11. The first kappa shape index (κ1) is 11.3. The average molecular weight is 229 g/mol. The molecule has 88 valence electrons. The van der Waals surface area contributed by atoms with Crippen LogP contribution in [0.4, 0.5) is 5.69 Å². The largest absolute Gasteiger partial charge is 0.397 e. The molecule has 0 aliphatic carbocycles. The lowest BCUT2D eigenvalue weighted by atomic mass is 10.2. The van der Waals surface area contributed by atoms with Crippen molar-refractivity contribution < 1.29 is 4.79 Å². The Morgan fingerprint density at radius 3 is 3.00 bits per heavy atom. The van der Waals surface area contributed by atoms with Gasteiger partial charge < -0.3 is 16.0 Å². The van der Waals surface area contributed by atoms with E-state index in [0.29, 0.717) is 11.4 Å². The highest BCUT2D eigenvalue weighted by molar-refractivity contribution is 6.00. The van der Waals surface area contributed by atoms with Crippen LogP contribution < -0.4 is 11.1 Å². The van der Waals surface area contributed by atoms with Crippen molar-refractivity contribution in [3.63, 3.8) is 0 Å². The van der Waals surface area contributed by atoms with Crippen molar-refractivity contribution in [2.45, 2.75) is 13.0 Å². The number of rotatable bonds is 3. The molecule has 0 aliphatic heterocycles. The predicted molar refractivity (Wildman–Crippen MR) is 69.8 cm³/mol. The Morgan fingerprint density at radius 2 is 2.35 bits per heavy atom. The van der Waals surface area contributed by atoms with Crippen LogP contribution in [0.3, 0.4) is 0 Å². The molecule has 1 unspecified atom stereocenters. The molecule has 2 rings (SSSR count). The van der Waals surface area contributed by atoms with Crippen molar-refractivity contribution in [3.05, 3.63) is 42.6 Å². The molecule has 0 spiro atoms. The predicted octanol–water partition coefficient (Wildman–Crippen LogP) is 2.05. The molecule has 1 atom stereocenters. The maximum Gasteiger partial charge on any atom is 0.268 e.